The maximum Gasteiger partial charge on any atom is 0.387 e. The smallest absolute Gasteiger partial charge is 0.387 e. The van der Waals surface area contributed by atoms with Crippen LogP contribution in [-0.4, -0.2) is 42.7 Å². The van der Waals surface area contributed by atoms with Gasteiger partial charge in [-0.1, -0.05) is 6.07 Å². The fraction of sp³-hybridized carbons (Fsp3) is 0.240. The van der Waals surface area contributed by atoms with Crippen LogP contribution in [0.15, 0.2) is 55.1 Å². The molecule has 3 N–H and O–H groups in total. The highest BCUT2D eigenvalue weighted by atomic mass is 32.2. The van der Waals surface area contributed by atoms with Crippen molar-refractivity contribution in [2.75, 3.05) is 5.32 Å². The summed E-state index contributed by atoms with van der Waals surface area (Å²) < 4.78 is 45.0. The highest BCUT2D eigenvalue weighted by molar-refractivity contribution is 7.92. The Morgan fingerprint density at radius 2 is 2.00 bits per heavy atom. The number of carbonyl (C=O) groups is 1. The second kappa shape index (κ2) is 11.1. The molecule has 0 saturated heterocycles. The van der Waals surface area contributed by atoms with E-state index >= 15 is 0 Å². The molecule has 4 rings (SSSR count). The third-order valence-corrected chi connectivity index (χ3v) is 5.65. The molecule has 1 aromatic carbocycles. The minimum Gasteiger partial charge on any atom is -0.435 e. The number of amides is 1. The number of alkyl halides is 2. The van der Waals surface area contributed by atoms with Gasteiger partial charge in [0.15, 0.2) is 18.0 Å². The van der Waals surface area contributed by atoms with Gasteiger partial charge in [0.05, 0.1) is 17.5 Å². The van der Waals surface area contributed by atoms with Crippen molar-refractivity contribution in [2.45, 2.75) is 39.5 Å². The van der Waals surface area contributed by atoms with Crippen molar-refractivity contribution >= 4 is 40.8 Å². The van der Waals surface area contributed by atoms with E-state index in [0.29, 0.717) is 12.2 Å². The van der Waals surface area contributed by atoms with Crippen LogP contribution >= 0.6 is 12.3 Å². The molecule has 0 aliphatic carbocycles. The van der Waals surface area contributed by atoms with Crippen LogP contribution in [0.3, 0.4) is 0 Å². The van der Waals surface area contributed by atoms with Crippen molar-refractivity contribution in [2.24, 2.45) is 0 Å². The summed E-state index contributed by atoms with van der Waals surface area (Å²) in [5.74, 6) is -0.634. The van der Waals surface area contributed by atoms with Gasteiger partial charge in [-0.2, -0.15) is 8.78 Å². The second-order valence-electron chi connectivity index (χ2n) is 9.24. The summed E-state index contributed by atoms with van der Waals surface area (Å²) in [7, 11) is 0. The Hall–Kier alpha value is -4.13. The fourth-order valence-electron chi connectivity index (χ4n) is 3.61. The monoisotopic (exact) mass is 543 g/mol. The predicted molar refractivity (Wildman–Crippen MR) is 139 cm³/mol. The zero-order valence-corrected chi connectivity index (χ0v) is 21.4. The van der Waals surface area contributed by atoms with Crippen molar-refractivity contribution in [3.63, 3.8) is 0 Å². The molecule has 0 fully saturated rings. The van der Waals surface area contributed by atoms with E-state index < -0.39 is 18.1 Å². The van der Waals surface area contributed by atoms with E-state index in [-0.39, 0.29) is 51.8 Å². The lowest BCUT2D eigenvalue weighted by Gasteiger charge is -2.20. The molecule has 0 atom stereocenters. The molecule has 0 radical (unpaired) electrons. The van der Waals surface area contributed by atoms with Gasteiger partial charge in [0.1, 0.15) is 17.0 Å². The van der Waals surface area contributed by atoms with Crippen molar-refractivity contribution < 1.29 is 22.2 Å². The number of hydrogen-bond donors (Lipinski definition) is 3. The van der Waals surface area contributed by atoms with Crippen molar-refractivity contribution in [3.8, 4) is 5.75 Å². The molecule has 4 aromatic rings. The third-order valence-electron chi connectivity index (χ3n) is 5.22. The lowest BCUT2D eigenvalue weighted by Crippen LogP contribution is -2.40. The van der Waals surface area contributed by atoms with Crippen LogP contribution in [0.2, 0.25) is 0 Å². The summed E-state index contributed by atoms with van der Waals surface area (Å²) in [6.07, 6.45) is 5.85. The highest BCUT2D eigenvalue weighted by Crippen LogP contribution is 2.28. The number of aromatic nitrogens is 4. The van der Waals surface area contributed by atoms with Gasteiger partial charge < -0.3 is 15.4 Å². The van der Waals surface area contributed by atoms with Gasteiger partial charge in [-0.3, -0.25) is 15.2 Å². The van der Waals surface area contributed by atoms with E-state index in [0.717, 1.165) is 9.54 Å². The lowest BCUT2D eigenvalue weighted by molar-refractivity contribution is -0.0498. The first-order valence-corrected chi connectivity index (χ1v) is 12.0. The first-order valence-electron chi connectivity index (χ1n) is 11.4. The number of ether oxygens (including phenoxy) is 1. The second-order valence-corrected chi connectivity index (χ2v) is 9.78. The molecule has 0 saturated carbocycles. The van der Waals surface area contributed by atoms with E-state index in [4.69, 9.17) is 5.41 Å². The largest absolute Gasteiger partial charge is 0.435 e. The molecule has 0 aliphatic rings. The van der Waals surface area contributed by atoms with E-state index in [1.165, 1.54) is 30.6 Å². The van der Waals surface area contributed by atoms with Crippen molar-refractivity contribution in [1.82, 2.24) is 24.2 Å². The Balaban J connectivity index is 1.75. The van der Waals surface area contributed by atoms with E-state index in [9.17, 15) is 17.5 Å². The Bertz CT molecular complexity index is 1470. The van der Waals surface area contributed by atoms with E-state index in [1.54, 1.807) is 39.2 Å². The number of anilines is 1. The molecule has 198 valence electrons. The van der Waals surface area contributed by atoms with Gasteiger partial charge in [-0.15, -0.1) is 3.89 Å². The quantitative estimate of drug-likeness (QED) is 0.243. The molecule has 0 bridgehead atoms. The van der Waals surface area contributed by atoms with E-state index in [1.807, 2.05) is 6.07 Å². The number of hydrogen-bond acceptors (Lipinski definition) is 8. The molecule has 3 aromatic heterocycles. The van der Waals surface area contributed by atoms with Crippen LogP contribution in [-0.2, 0) is 6.54 Å². The summed E-state index contributed by atoms with van der Waals surface area (Å²) in [6.45, 7) is 2.70. The molecule has 3 heterocycles. The van der Waals surface area contributed by atoms with Crippen LogP contribution in [0, 0.1) is 5.41 Å². The SMILES string of the molecule is CC(C)(C)NC(=O)c1cn(SF)c2ncc(C(=N)c3cc(OC(F)F)ccc3NCc3cccnc3)nc12. The summed E-state index contributed by atoms with van der Waals surface area (Å²) in [4.78, 5) is 25.6. The zero-order valence-electron chi connectivity index (χ0n) is 20.6. The third kappa shape index (κ3) is 6.22. The first kappa shape index (κ1) is 26.9. The number of nitrogens with one attached hydrogen (secondary N) is 3. The Morgan fingerprint density at radius 1 is 1.21 bits per heavy atom. The average Bonchev–Trinajstić information content (AvgIpc) is 3.25. The van der Waals surface area contributed by atoms with Gasteiger partial charge in [0.25, 0.3) is 5.91 Å². The van der Waals surface area contributed by atoms with Crippen LogP contribution in [0.25, 0.3) is 11.2 Å². The standard InChI is InChI=1S/C25H24F3N7O2S/c1-25(2,3)34-23(36)17-13-35(38-28)22-21(17)33-19(12-32-22)20(29)16-9-15(37-24(26)27)6-7-18(16)31-11-14-5-4-8-30-10-14/h4-10,12-13,24,29,31H,11H2,1-3H3,(H,34,36). The van der Waals surface area contributed by atoms with Crippen LogP contribution in [0.4, 0.5) is 18.4 Å². The minimum atomic E-state index is -3.05. The highest BCUT2D eigenvalue weighted by Gasteiger charge is 2.24. The molecule has 38 heavy (non-hydrogen) atoms. The number of benzene rings is 1. The van der Waals surface area contributed by atoms with Crippen molar-refractivity contribution in [3.05, 3.63) is 77.5 Å². The average molecular weight is 544 g/mol. The van der Waals surface area contributed by atoms with Crippen molar-refractivity contribution in [1.29, 1.82) is 5.41 Å². The molecular formula is C25H24F3N7O2S. The number of pyridine rings is 1. The Morgan fingerprint density at radius 3 is 2.66 bits per heavy atom. The summed E-state index contributed by atoms with van der Waals surface area (Å²) in [6, 6.07) is 7.80. The molecule has 9 nitrogen and oxygen atoms in total. The van der Waals surface area contributed by atoms with Crippen LogP contribution in [0.5, 0.6) is 5.75 Å². The van der Waals surface area contributed by atoms with Crippen LogP contribution < -0.4 is 15.4 Å². The molecule has 13 heteroatoms. The summed E-state index contributed by atoms with van der Waals surface area (Å²) in [5.41, 5.74) is 1.09. The Kier molecular flexibility index (Phi) is 7.86. The normalized spacial score (nSPS) is 11.6. The van der Waals surface area contributed by atoms with E-state index in [2.05, 4.69) is 30.3 Å². The van der Waals surface area contributed by atoms with Gasteiger partial charge in [-0.05, 0) is 50.6 Å². The lowest BCUT2D eigenvalue weighted by atomic mass is 10.0. The fourth-order valence-corrected chi connectivity index (χ4v) is 3.95. The first-order chi connectivity index (χ1) is 18.1. The molecule has 0 aliphatic heterocycles. The maximum absolute atomic E-state index is 13.6. The number of fused-ring (bicyclic) bond motifs is 1. The number of rotatable bonds is 9. The number of halogens is 3. The van der Waals surface area contributed by atoms with Gasteiger partial charge >= 0.3 is 6.61 Å². The predicted octanol–water partition coefficient (Wildman–Crippen LogP) is 5.37. The number of carbonyl (C=O) groups excluding carboxylic acids is 1. The topological polar surface area (TPSA) is 118 Å². The van der Waals surface area contributed by atoms with Gasteiger partial charge in [0, 0.05) is 41.9 Å². The summed E-state index contributed by atoms with van der Waals surface area (Å²) in [5, 5.41) is 14.8. The molecule has 0 spiro atoms. The number of nitrogens with zero attached hydrogens (tertiary/aromatic N) is 4. The molecule has 0 unspecified atom stereocenters. The zero-order chi connectivity index (χ0) is 27.4. The minimum absolute atomic E-state index is 0.0440. The molecule has 1 amide bonds. The van der Waals surface area contributed by atoms with Gasteiger partial charge in [-0.25, -0.2) is 13.9 Å². The maximum atomic E-state index is 13.6. The summed E-state index contributed by atoms with van der Waals surface area (Å²) >= 11 is -0.142. The van der Waals surface area contributed by atoms with Gasteiger partial charge in [0.2, 0.25) is 0 Å². The Labute approximate surface area is 220 Å². The van der Waals surface area contributed by atoms with Crippen LogP contribution in [0.1, 0.15) is 48.0 Å². The molecular weight excluding hydrogens is 519 g/mol.